The molecule has 1 atom stereocenters. The summed E-state index contributed by atoms with van der Waals surface area (Å²) in [5, 5.41) is 10.9. The fourth-order valence-corrected chi connectivity index (χ4v) is 2.05. The fraction of sp³-hybridized carbons (Fsp3) is 0.200. The molecule has 2 aromatic carbocycles. The Hall–Kier alpha value is -1.38. The number of aliphatic hydroxyl groups is 1. The first-order chi connectivity index (χ1) is 8.49. The van der Waals surface area contributed by atoms with Crippen LogP contribution in [0.4, 0.5) is 4.39 Å². The molecular formula is C15H14ClFO. The lowest BCUT2D eigenvalue weighted by Gasteiger charge is -2.15. The van der Waals surface area contributed by atoms with Gasteiger partial charge < -0.3 is 5.11 Å². The highest BCUT2D eigenvalue weighted by Gasteiger charge is 2.14. The molecule has 0 heterocycles. The van der Waals surface area contributed by atoms with Crippen LogP contribution in [0.15, 0.2) is 36.4 Å². The van der Waals surface area contributed by atoms with Gasteiger partial charge in [0, 0.05) is 5.02 Å². The summed E-state index contributed by atoms with van der Waals surface area (Å²) in [6.45, 7) is 3.74. The largest absolute Gasteiger partial charge is 0.384 e. The van der Waals surface area contributed by atoms with Gasteiger partial charge in [0.25, 0.3) is 0 Å². The number of halogens is 2. The zero-order valence-corrected chi connectivity index (χ0v) is 11.0. The van der Waals surface area contributed by atoms with Gasteiger partial charge in [-0.1, -0.05) is 29.8 Å². The Kier molecular flexibility index (Phi) is 3.69. The SMILES string of the molecule is Cc1ccc(C(O)c2cc(F)ccc2C)cc1Cl. The van der Waals surface area contributed by atoms with Crippen molar-refractivity contribution in [3.8, 4) is 0 Å². The molecule has 0 fully saturated rings. The highest BCUT2D eigenvalue weighted by molar-refractivity contribution is 6.31. The molecule has 0 aromatic heterocycles. The van der Waals surface area contributed by atoms with E-state index in [2.05, 4.69) is 0 Å². The summed E-state index contributed by atoms with van der Waals surface area (Å²) in [7, 11) is 0. The van der Waals surface area contributed by atoms with Crippen molar-refractivity contribution in [1.82, 2.24) is 0 Å². The minimum atomic E-state index is -0.862. The summed E-state index contributed by atoms with van der Waals surface area (Å²) < 4.78 is 13.2. The van der Waals surface area contributed by atoms with Gasteiger partial charge in [-0.3, -0.25) is 0 Å². The van der Waals surface area contributed by atoms with Crippen LogP contribution in [0.5, 0.6) is 0 Å². The Morgan fingerprint density at radius 2 is 1.72 bits per heavy atom. The molecule has 0 aliphatic heterocycles. The van der Waals surface area contributed by atoms with Crippen LogP contribution in [0.2, 0.25) is 5.02 Å². The second kappa shape index (κ2) is 5.09. The predicted molar refractivity (Wildman–Crippen MR) is 71.4 cm³/mol. The van der Waals surface area contributed by atoms with Crippen LogP contribution < -0.4 is 0 Å². The topological polar surface area (TPSA) is 20.2 Å². The van der Waals surface area contributed by atoms with E-state index in [0.29, 0.717) is 16.1 Å². The summed E-state index contributed by atoms with van der Waals surface area (Å²) in [5.41, 5.74) is 3.03. The summed E-state index contributed by atoms with van der Waals surface area (Å²) in [4.78, 5) is 0. The molecule has 0 amide bonds. The van der Waals surface area contributed by atoms with E-state index in [4.69, 9.17) is 11.6 Å². The first-order valence-corrected chi connectivity index (χ1v) is 6.07. The van der Waals surface area contributed by atoms with Crippen molar-refractivity contribution in [3.05, 3.63) is 69.5 Å². The highest BCUT2D eigenvalue weighted by atomic mass is 35.5. The number of hydrogen-bond acceptors (Lipinski definition) is 1. The van der Waals surface area contributed by atoms with Crippen molar-refractivity contribution in [3.63, 3.8) is 0 Å². The standard InChI is InChI=1S/C15H14ClFO/c1-9-4-6-12(17)8-13(9)15(18)11-5-3-10(2)14(16)7-11/h3-8,15,18H,1-2H3. The molecule has 94 valence electrons. The van der Waals surface area contributed by atoms with E-state index in [-0.39, 0.29) is 5.82 Å². The van der Waals surface area contributed by atoms with Crippen LogP contribution in [0.3, 0.4) is 0 Å². The van der Waals surface area contributed by atoms with Gasteiger partial charge in [-0.25, -0.2) is 4.39 Å². The number of benzene rings is 2. The van der Waals surface area contributed by atoms with Crippen molar-refractivity contribution < 1.29 is 9.50 Å². The zero-order chi connectivity index (χ0) is 13.3. The number of aryl methyl sites for hydroxylation is 2. The predicted octanol–water partition coefficient (Wildman–Crippen LogP) is 4.18. The van der Waals surface area contributed by atoms with Crippen molar-refractivity contribution >= 4 is 11.6 Å². The highest BCUT2D eigenvalue weighted by Crippen LogP contribution is 2.28. The van der Waals surface area contributed by atoms with Crippen molar-refractivity contribution in [2.24, 2.45) is 0 Å². The monoisotopic (exact) mass is 264 g/mol. The summed E-state index contributed by atoms with van der Waals surface area (Å²) in [6, 6.07) is 9.75. The molecule has 18 heavy (non-hydrogen) atoms. The number of hydrogen-bond donors (Lipinski definition) is 1. The molecule has 1 N–H and O–H groups in total. The lowest BCUT2D eigenvalue weighted by atomic mass is 9.97. The molecule has 0 saturated heterocycles. The Labute approximate surface area is 111 Å². The van der Waals surface area contributed by atoms with Gasteiger partial charge in [-0.2, -0.15) is 0 Å². The Morgan fingerprint density at radius 1 is 1.06 bits per heavy atom. The molecule has 2 aromatic rings. The maximum absolute atomic E-state index is 13.2. The second-order valence-electron chi connectivity index (χ2n) is 4.41. The fourth-order valence-electron chi connectivity index (χ4n) is 1.86. The van der Waals surface area contributed by atoms with E-state index in [0.717, 1.165) is 11.1 Å². The number of rotatable bonds is 2. The van der Waals surface area contributed by atoms with Gasteiger partial charge in [0.15, 0.2) is 0 Å². The first-order valence-electron chi connectivity index (χ1n) is 5.69. The molecule has 0 aliphatic carbocycles. The van der Waals surface area contributed by atoms with E-state index in [1.54, 1.807) is 18.2 Å². The molecule has 0 radical (unpaired) electrons. The molecule has 1 unspecified atom stereocenters. The Balaban J connectivity index is 2.44. The zero-order valence-electron chi connectivity index (χ0n) is 10.2. The lowest BCUT2D eigenvalue weighted by Crippen LogP contribution is -2.03. The van der Waals surface area contributed by atoms with Gasteiger partial charge in [0.05, 0.1) is 0 Å². The molecule has 0 aliphatic rings. The molecule has 0 saturated carbocycles. The summed E-state index contributed by atoms with van der Waals surface area (Å²) in [5.74, 6) is -0.354. The Bertz CT molecular complexity index is 581. The van der Waals surface area contributed by atoms with Gasteiger partial charge in [0.2, 0.25) is 0 Å². The molecule has 1 nitrogen and oxygen atoms in total. The molecule has 2 rings (SSSR count). The second-order valence-corrected chi connectivity index (χ2v) is 4.82. The minimum Gasteiger partial charge on any atom is -0.384 e. The molecule has 0 spiro atoms. The van der Waals surface area contributed by atoms with Crippen molar-refractivity contribution in [2.75, 3.05) is 0 Å². The Morgan fingerprint density at radius 3 is 2.39 bits per heavy atom. The summed E-state index contributed by atoms with van der Waals surface area (Å²) in [6.07, 6.45) is -0.862. The van der Waals surface area contributed by atoms with Gasteiger partial charge in [-0.05, 0) is 54.3 Å². The van der Waals surface area contributed by atoms with Crippen LogP contribution in [-0.4, -0.2) is 5.11 Å². The smallest absolute Gasteiger partial charge is 0.123 e. The van der Waals surface area contributed by atoms with Crippen LogP contribution in [0.1, 0.15) is 28.4 Å². The van der Waals surface area contributed by atoms with E-state index in [1.807, 2.05) is 19.9 Å². The van der Waals surface area contributed by atoms with Crippen LogP contribution in [0.25, 0.3) is 0 Å². The van der Waals surface area contributed by atoms with E-state index >= 15 is 0 Å². The molecule has 3 heteroatoms. The average Bonchev–Trinajstić information content (AvgIpc) is 2.35. The first kappa shape index (κ1) is 13.1. The van der Waals surface area contributed by atoms with Crippen molar-refractivity contribution in [2.45, 2.75) is 20.0 Å². The van der Waals surface area contributed by atoms with Crippen LogP contribution in [-0.2, 0) is 0 Å². The van der Waals surface area contributed by atoms with Crippen molar-refractivity contribution in [1.29, 1.82) is 0 Å². The minimum absolute atomic E-state index is 0.354. The molecular weight excluding hydrogens is 251 g/mol. The van der Waals surface area contributed by atoms with Crippen LogP contribution in [0, 0.1) is 19.7 Å². The third-order valence-electron chi connectivity index (χ3n) is 3.05. The van der Waals surface area contributed by atoms with Gasteiger partial charge in [0.1, 0.15) is 11.9 Å². The van der Waals surface area contributed by atoms with Gasteiger partial charge in [-0.15, -0.1) is 0 Å². The number of aliphatic hydroxyl groups excluding tert-OH is 1. The quantitative estimate of drug-likeness (QED) is 0.863. The normalized spacial score (nSPS) is 12.5. The van der Waals surface area contributed by atoms with Crippen LogP contribution >= 0.6 is 11.6 Å². The third kappa shape index (κ3) is 2.55. The van der Waals surface area contributed by atoms with E-state index in [9.17, 15) is 9.50 Å². The summed E-state index contributed by atoms with van der Waals surface area (Å²) >= 11 is 6.03. The molecule has 0 bridgehead atoms. The van der Waals surface area contributed by atoms with E-state index in [1.165, 1.54) is 12.1 Å². The average molecular weight is 265 g/mol. The van der Waals surface area contributed by atoms with E-state index < -0.39 is 6.10 Å². The third-order valence-corrected chi connectivity index (χ3v) is 3.45. The lowest BCUT2D eigenvalue weighted by molar-refractivity contribution is 0.219. The maximum atomic E-state index is 13.2. The maximum Gasteiger partial charge on any atom is 0.123 e. The van der Waals surface area contributed by atoms with Gasteiger partial charge >= 0.3 is 0 Å².